The number of rotatable bonds is 3. The summed E-state index contributed by atoms with van der Waals surface area (Å²) < 4.78 is 18.9. The van der Waals surface area contributed by atoms with E-state index in [1.165, 1.54) is 24.3 Å². The van der Waals surface area contributed by atoms with Crippen molar-refractivity contribution in [2.75, 3.05) is 5.32 Å². The summed E-state index contributed by atoms with van der Waals surface area (Å²) in [5.74, 6) is -0.907. The Morgan fingerprint density at radius 2 is 1.82 bits per heavy atom. The molecule has 0 aliphatic carbocycles. The van der Waals surface area contributed by atoms with E-state index in [0.717, 1.165) is 4.47 Å². The number of halogens is 2. The van der Waals surface area contributed by atoms with Gasteiger partial charge in [0.15, 0.2) is 0 Å². The highest BCUT2D eigenvalue weighted by Gasteiger charge is 2.16. The number of carbonyl (C=O) groups excluding carboxylic acids is 1. The molecule has 1 heterocycles. The van der Waals surface area contributed by atoms with Crippen LogP contribution in [0.25, 0.3) is 11.5 Å². The van der Waals surface area contributed by atoms with Crippen LogP contribution in [0.5, 0.6) is 0 Å². The van der Waals surface area contributed by atoms with E-state index in [0.29, 0.717) is 11.3 Å². The van der Waals surface area contributed by atoms with E-state index in [9.17, 15) is 9.18 Å². The normalized spacial score (nSPS) is 10.5. The number of nitrogens with zero attached hydrogens (tertiary/aromatic N) is 2. The highest BCUT2D eigenvalue weighted by molar-refractivity contribution is 9.10. The number of para-hydroxylation sites is 1. The van der Waals surface area contributed by atoms with E-state index < -0.39 is 5.91 Å². The van der Waals surface area contributed by atoms with Crippen molar-refractivity contribution in [3.05, 3.63) is 64.7 Å². The lowest BCUT2D eigenvalue weighted by Gasteiger charge is -2.03. The van der Waals surface area contributed by atoms with Crippen molar-refractivity contribution in [1.29, 1.82) is 0 Å². The van der Waals surface area contributed by atoms with Crippen LogP contribution < -0.4 is 5.32 Å². The molecule has 0 bridgehead atoms. The van der Waals surface area contributed by atoms with Gasteiger partial charge in [-0.25, -0.2) is 4.39 Å². The highest BCUT2D eigenvalue weighted by Crippen LogP contribution is 2.22. The van der Waals surface area contributed by atoms with Gasteiger partial charge < -0.3 is 9.73 Å². The summed E-state index contributed by atoms with van der Waals surface area (Å²) in [6, 6.07) is 12.7. The minimum Gasteiger partial charge on any atom is -0.412 e. The summed E-state index contributed by atoms with van der Waals surface area (Å²) in [6.45, 7) is 0. The number of nitrogens with one attached hydrogen (secondary N) is 1. The van der Waals surface area contributed by atoms with E-state index in [1.807, 2.05) is 6.07 Å². The summed E-state index contributed by atoms with van der Waals surface area (Å²) in [5, 5.41) is 10.2. The number of amides is 1. The van der Waals surface area contributed by atoms with Crippen LogP contribution in [-0.2, 0) is 0 Å². The fourth-order valence-electron chi connectivity index (χ4n) is 1.76. The van der Waals surface area contributed by atoms with E-state index >= 15 is 0 Å². The molecule has 22 heavy (non-hydrogen) atoms. The van der Waals surface area contributed by atoms with E-state index in [1.54, 1.807) is 18.2 Å². The monoisotopic (exact) mass is 361 g/mol. The first kappa shape index (κ1) is 14.4. The molecule has 3 rings (SSSR count). The predicted octanol–water partition coefficient (Wildman–Crippen LogP) is 3.89. The van der Waals surface area contributed by atoms with Gasteiger partial charge in [0.05, 0.1) is 5.69 Å². The van der Waals surface area contributed by atoms with Gasteiger partial charge in [0, 0.05) is 10.0 Å². The van der Waals surface area contributed by atoms with E-state index in [2.05, 4.69) is 31.4 Å². The maximum Gasteiger partial charge on any atom is 0.313 e. The molecule has 1 N–H and O–H groups in total. The second kappa shape index (κ2) is 6.07. The Balaban J connectivity index is 1.80. The number of benzene rings is 2. The smallest absolute Gasteiger partial charge is 0.313 e. The van der Waals surface area contributed by atoms with Gasteiger partial charge in [-0.3, -0.25) is 4.79 Å². The standard InChI is InChI=1S/C15H9BrFN3O2/c16-11-3-1-2-4-12(11)18-13(21)15-20-19-14(22-15)9-5-7-10(17)8-6-9/h1-8H,(H,18,21). The molecule has 0 aliphatic rings. The average Bonchev–Trinajstić information content (AvgIpc) is 3.00. The molecule has 110 valence electrons. The minimum atomic E-state index is -0.521. The first-order valence-corrected chi connectivity index (χ1v) is 7.08. The number of hydrogen-bond acceptors (Lipinski definition) is 4. The first-order chi connectivity index (χ1) is 10.6. The lowest BCUT2D eigenvalue weighted by atomic mass is 10.2. The van der Waals surface area contributed by atoms with Crippen molar-refractivity contribution in [1.82, 2.24) is 10.2 Å². The summed E-state index contributed by atoms with van der Waals surface area (Å²) >= 11 is 3.33. The molecule has 0 fully saturated rings. The zero-order valence-electron chi connectivity index (χ0n) is 11.1. The fourth-order valence-corrected chi connectivity index (χ4v) is 2.15. The van der Waals surface area contributed by atoms with Gasteiger partial charge in [-0.05, 0) is 52.3 Å². The van der Waals surface area contributed by atoms with Gasteiger partial charge in [-0.2, -0.15) is 0 Å². The molecular weight excluding hydrogens is 353 g/mol. The maximum atomic E-state index is 12.9. The molecule has 0 saturated carbocycles. The molecule has 0 atom stereocenters. The van der Waals surface area contributed by atoms with Crippen LogP contribution >= 0.6 is 15.9 Å². The minimum absolute atomic E-state index is 0.150. The van der Waals surface area contributed by atoms with Crippen molar-refractivity contribution >= 4 is 27.5 Å². The lowest BCUT2D eigenvalue weighted by Crippen LogP contribution is -2.12. The summed E-state index contributed by atoms with van der Waals surface area (Å²) in [5.41, 5.74) is 1.13. The molecule has 3 aromatic rings. The molecule has 0 radical (unpaired) electrons. The van der Waals surface area contributed by atoms with Crippen molar-refractivity contribution in [3.63, 3.8) is 0 Å². The lowest BCUT2D eigenvalue weighted by molar-refractivity contribution is 0.0991. The van der Waals surface area contributed by atoms with Gasteiger partial charge in [0.25, 0.3) is 0 Å². The largest absolute Gasteiger partial charge is 0.412 e. The third-order valence-corrected chi connectivity index (χ3v) is 3.52. The van der Waals surface area contributed by atoms with Crippen molar-refractivity contribution in [3.8, 4) is 11.5 Å². The topological polar surface area (TPSA) is 68.0 Å². The Labute approximate surface area is 133 Å². The van der Waals surface area contributed by atoms with Crippen molar-refractivity contribution in [2.24, 2.45) is 0 Å². The fraction of sp³-hybridized carbons (Fsp3) is 0. The van der Waals surface area contributed by atoms with E-state index in [4.69, 9.17) is 4.42 Å². The first-order valence-electron chi connectivity index (χ1n) is 6.29. The molecule has 0 saturated heterocycles. The third-order valence-electron chi connectivity index (χ3n) is 2.83. The van der Waals surface area contributed by atoms with Crippen LogP contribution in [0.15, 0.2) is 57.4 Å². The summed E-state index contributed by atoms with van der Waals surface area (Å²) in [4.78, 5) is 12.1. The second-order valence-corrected chi connectivity index (χ2v) is 5.21. The van der Waals surface area contributed by atoms with E-state index in [-0.39, 0.29) is 17.6 Å². The molecule has 5 nitrogen and oxygen atoms in total. The van der Waals surface area contributed by atoms with Gasteiger partial charge in [0.1, 0.15) is 5.82 Å². The Bertz CT molecular complexity index is 818. The van der Waals surface area contributed by atoms with Crippen LogP contribution in [0.2, 0.25) is 0 Å². The Kier molecular flexibility index (Phi) is 3.97. The molecular formula is C15H9BrFN3O2. The molecule has 0 aliphatic heterocycles. The second-order valence-electron chi connectivity index (χ2n) is 4.35. The number of anilines is 1. The average molecular weight is 362 g/mol. The molecule has 0 spiro atoms. The number of carbonyl (C=O) groups is 1. The summed E-state index contributed by atoms with van der Waals surface area (Å²) in [7, 11) is 0. The van der Waals surface area contributed by atoms with Crippen LogP contribution in [0.3, 0.4) is 0 Å². The number of hydrogen-bond donors (Lipinski definition) is 1. The maximum absolute atomic E-state index is 12.9. The Hall–Kier alpha value is -2.54. The van der Waals surface area contributed by atoms with Crippen LogP contribution in [0.1, 0.15) is 10.7 Å². The summed E-state index contributed by atoms with van der Waals surface area (Å²) in [6.07, 6.45) is 0. The van der Waals surface area contributed by atoms with Gasteiger partial charge >= 0.3 is 11.8 Å². The third kappa shape index (κ3) is 3.04. The van der Waals surface area contributed by atoms with Crippen molar-refractivity contribution < 1.29 is 13.6 Å². The Morgan fingerprint density at radius 1 is 1.09 bits per heavy atom. The molecule has 1 aromatic heterocycles. The van der Waals surface area contributed by atoms with Gasteiger partial charge in [-0.15, -0.1) is 10.2 Å². The van der Waals surface area contributed by atoms with Gasteiger partial charge in [0.2, 0.25) is 5.89 Å². The Morgan fingerprint density at radius 3 is 2.55 bits per heavy atom. The quantitative estimate of drug-likeness (QED) is 0.768. The van der Waals surface area contributed by atoms with Crippen LogP contribution in [-0.4, -0.2) is 16.1 Å². The number of aromatic nitrogens is 2. The highest BCUT2D eigenvalue weighted by atomic mass is 79.9. The van der Waals surface area contributed by atoms with Crippen LogP contribution in [0.4, 0.5) is 10.1 Å². The molecule has 2 aromatic carbocycles. The molecule has 7 heteroatoms. The predicted molar refractivity (Wildman–Crippen MR) is 81.8 cm³/mol. The zero-order chi connectivity index (χ0) is 15.5. The molecule has 1 amide bonds. The van der Waals surface area contributed by atoms with Crippen molar-refractivity contribution in [2.45, 2.75) is 0 Å². The SMILES string of the molecule is O=C(Nc1ccccc1Br)c1nnc(-c2ccc(F)cc2)o1. The zero-order valence-corrected chi connectivity index (χ0v) is 12.7. The van der Waals surface area contributed by atoms with Crippen LogP contribution in [0, 0.1) is 5.82 Å². The van der Waals surface area contributed by atoms with Gasteiger partial charge in [-0.1, -0.05) is 12.1 Å². The molecule has 0 unspecified atom stereocenters.